The molecule has 0 fully saturated rings. The molecule has 3 rings (SSSR count). The van der Waals surface area contributed by atoms with Crippen molar-refractivity contribution in [1.29, 1.82) is 0 Å². The van der Waals surface area contributed by atoms with E-state index in [4.69, 9.17) is 11.6 Å². The number of anilines is 2. The third-order valence-electron chi connectivity index (χ3n) is 3.96. The highest BCUT2D eigenvalue weighted by atomic mass is 35.5. The molecule has 1 amide bonds. The third kappa shape index (κ3) is 3.59. The molecule has 0 aliphatic carbocycles. The molecule has 1 aliphatic heterocycles. The summed E-state index contributed by atoms with van der Waals surface area (Å²) in [7, 11) is -3.83. The minimum Gasteiger partial charge on any atom is -0.328 e. The molecule has 0 aromatic heterocycles. The first-order valence-corrected chi connectivity index (χ1v) is 9.93. The van der Waals surface area contributed by atoms with E-state index in [1.54, 1.807) is 43.3 Å². The van der Waals surface area contributed by atoms with Crippen LogP contribution in [0.3, 0.4) is 0 Å². The third-order valence-corrected chi connectivity index (χ3v) is 5.59. The van der Waals surface area contributed by atoms with Gasteiger partial charge in [-0.2, -0.15) is 8.42 Å². The Hall–Kier alpha value is -2.38. The van der Waals surface area contributed by atoms with Crippen molar-refractivity contribution in [2.75, 3.05) is 16.8 Å². The number of benzene rings is 2. The zero-order valence-corrected chi connectivity index (χ0v) is 15.9. The molecule has 2 aromatic carbocycles. The van der Waals surface area contributed by atoms with Crippen molar-refractivity contribution in [1.82, 2.24) is 0 Å². The van der Waals surface area contributed by atoms with Gasteiger partial charge in [-0.15, -0.1) is 4.40 Å². The van der Waals surface area contributed by atoms with Crippen molar-refractivity contribution in [2.45, 2.75) is 25.2 Å². The number of halogens is 1. The van der Waals surface area contributed by atoms with Crippen molar-refractivity contribution < 1.29 is 13.2 Å². The van der Waals surface area contributed by atoms with Crippen molar-refractivity contribution >= 4 is 44.7 Å². The zero-order valence-electron chi connectivity index (χ0n) is 14.4. The maximum absolute atomic E-state index is 12.5. The lowest BCUT2D eigenvalue weighted by Gasteiger charge is -2.29. The lowest BCUT2D eigenvalue weighted by atomic mass is 10.1. The quantitative estimate of drug-likeness (QED) is 0.856. The fourth-order valence-electron chi connectivity index (χ4n) is 2.81. The lowest BCUT2D eigenvalue weighted by Crippen LogP contribution is -2.34. The minimum atomic E-state index is -3.83. The Bertz CT molecular complexity index is 1000. The monoisotopic (exact) mass is 391 g/mol. The summed E-state index contributed by atoms with van der Waals surface area (Å²) in [5.41, 5.74) is 1.31. The molecule has 0 unspecified atom stereocenters. The lowest BCUT2D eigenvalue weighted by molar-refractivity contribution is 0.102. The largest absolute Gasteiger partial charge is 0.328 e. The molecule has 0 atom stereocenters. The van der Waals surface area contributed by atoms with E-state index in [0.717, 1.165) is 6.42 Å². The average Bonchev–Trinajstić information content (AvgIpc) is 2.58. The number of carbonyl (C=O) groups is 1. The highest BCUT2D eigenvalue weighted by molar-refractivity contribution is 7.90. The van der Waals surface area contributed by atoms with E-state index >= 15 is 0 Å². The molecule has 0 saturated heterocycles. The van der Waals surface area contributed by atoms with Gasteiger partial charge in [0.1, 0.15) is 10.7 Å². The van der Waals surface area contributed by atoms with Crippen LogP contribution in [0.4, 0.5) is 11.4 Å². The van der Waals surface area contributed by atoms with E-state index in [2.05, 4.69) is 9.71 Å². The maximum Gasteiger partial charge on any atom is 0.286 e. The molecular weight excluding hydrogens is 374 g/mol. The van der Waals surface area contributed by atoms with Gasteiger partial charge in [-0.05, 0) is 49.7 Å². The molecule has 1 aliphatic rings. The second-order valence-electron chi connectivity index (χ2n) is 5.91. The molecule has 0 radical (unpaired) electrons. The van der Waals surface area contributed by atoms with E-state index in [1.165, 1.54) is 6.07 Å². The highest BCUT2D eigenvalue weighted by Crippen LogP contribution is 2.32. The van der Waals surface area contributed by atoms with Crippen LogP contribution in [0.15, 0.2) is 51.8 Å². The van der Waals surface area contributed by atoms with E-state index < -0.39 is 15.9 Å². The second-order valence-corrected chi connectivity index (χ2v) is 7.92. The Labute approximate surface area is 157 Å². The van der Waals surface area contributed by atoms with Gasteiger partial charge in [-0.3, -0.25) is 4.79 Å². The number of rotatable bonds is 4. The SMILES string of the molecule is CCCN1C(C)=NS(=O)(=O)c2cc(C(=O)Nc3cccc(Cl)c3)ccc21. The molecule has 8 heteroatoms. The van der Waals surface area contributed by atoms with Crippen molar-refractivity contribution in [3.05, 3.63) is 53.1 Å². The van der Waals surface area contributed by atoms with Crippen LogP contribution in [0.25, 0.3) is 0 Å². The Balaban J connectivity index is 1.97. The number of hydrogen-bond acceptors (Lipinski definition) is 4. The molecule has 0 bridgehead atoms. The summed E-state index contributed by atoms with van der Waals surface area (Å²) in [6.07, 6.45) is 0.837. The van der Waals surface area contributed by atoms with Crippen LogP contribution in [-0.4, -0.2) is 26.7 Å². The van der Waals surface area contributed by atoms with Gasteiger partial charge in [0.15, 0.2) is 0 Å². The van der Waals surface area contributed by atoms with Crippen LogP contribution >= 0.6 is 11.6 Å². The van der Waals surface area contributed by atoms with Gasteiger partial charge in [0.2, 0.25) is 0 Å². The summed E-state index contributed by atoms with van der Waals surface area (Å²) in [5, 5.41) is 3.21. The first kappa shape index (κ1) is 18.4. The molecule has 0 spiro atoms. The normalized spacial score (nSPS) is 15.2. The van der Waals surface area contributed by atoms with Gasteiger partial charge < -0.3 is 10.2 Å². The van der Waals surface area contributed by atoms with Crippen molar-refractivity contribution in [3.8, 4) is 0 Å². The zero-order chi connectivity index (χ0) is 18.9. The van der Waals surface area contributed by atoms with Gasteiger partial charge in [0, 0.05) is 22.8 Å². The summed E-state index contributed by atoms with van der Waals surface area (Å²) in [4.78, 5) is 14.4. The highest BCUT2D eigenvalue weighted by Gasteiger charge is 2.29. The van der Waals surface area contributed by atoms with Crippen LogP contribution in [0.1, 0.15) is 30.6 Å². The summed E-state index contributed by atoms with van der Waals surface area (Å²) in [5.74, 6) is 0.00839. The van der Waals surface area contributed by atoms with Crippen LogP contribution in [-0.2, 0) is 10.0 Å². The fourth-order valence-corrected chi connectivity index (χ4v) is 4.26. The summed E-state index contributed by atoms with van der Waals surface area (Å²) in [6, 6.07) is 11.4. The number of sulfonamides is 1. The van der Waals surface area contributed by atoms with E-state index in [9.17, 15) is 13.2 Å². The van der Waals surface area contributed by atoms with Crippen molar-refractivity contribution in [2.24, 2.45) is 4.40 Å². The molecule has 2 aromatic rings. The van der Waals surface area contributed by atoms with E-state index in [1.807, 2.05) is 11.8 Å². The number of amides is 1. The Morgan fingerprint density at radius 1 is 1.23 bits per heavy atom. The topological polar surface area (TPSA) is 78.8 Å². The Morgan fingerprint density at radius 3 is 2.69 bits per heavy atom. The first-order chi connectivity index (χ1) is 12.3. The number of nitrogens with one attached hydrogen (secondary N) is 1. The predicted molar refractivity (Wildman–Crippen MR) is 104 cm³/mol. The fraction of sp³-hybridized carbons (Fsp3) is 0.222. The predicted octanol–water partition coefficient (Wildman–Crippen LogP) is 3.93. The number of hydrogen-bond donors (Lipinski definition) is 1. The van der Waals surface area contributed by atoms with Gasteiger partial charge in [-0.1, -0.05) is 24.6 Å². The van der Waals surface area contributed by atoms with Crippen LogP contribution < -0.4 is 10.2 Å². The van der Waals surface area contributed by atoms with Crippen LogP contribution in [0, 0.1) is 0 Å². The standard InChI is InChI=1S/C18H18ClN3O3S/c1-3-9-22-12(2)21-26(24,25)17-10-13(7-8-16(17)22)18(23)20-15-6-4-5-14(19)11-15/h4-8,10-11H,3,9H2,1-2H3,(H,20,23). The summed E-state index contributed by atoms with van der Waals surface area (Å²) >= 11 is 5.92. The van der Waals surface area contributed by atoms with Gasteiger partial charge in [0.05, 0.1) is 5.69 Å². The second kappa shape index (κ2) is 7.09. The molecular formula is C18H18ClN3O3S. The summed E-state index contributed by atoms with van der Waals surface area (Å²) < 4.78 is 28.7. The maximum atomic E-state index is 12.5. The molecule has 26 heavy (non-hydrogen) atoms. The Morgan fingerprint density at radius 2 is 2.00 bits per heavy atom. The molecule has 6 nitrogen and oxygen atoms in total. The smallest absolute Gasteiger partial charge is 0.286 e. The first-order valence-electron chi connectivity index (χ1n) is 8.12. The molecule has 136 valence electrons. The van der Waals surface area contributed by atoms with Gasteiger partial charge in [-0.25, -0.2) is 0 Å². The molecule has 0 saturated carbocycles. The van der Waals surface area contributed by atoms with E-state index in [-0.39, 0.29) is 10.5 Å². The van der Waals surface area contributed by atoms with Gasteiger partial charge >= 0.3 is 0 Å². The number of fused-ring (bicyclic) bond motifs is 1. The number of nitrogens with zero attached hydrogens (tertiary/aromatic N) is 2. The Kier molecular flexibility index (Phi) is 5.02. The van der Waals surface area contributed by atoms with E-state index in [0.29, 0.717) is 28.8 Å². The minimum absolute atomic E-state index is 0.0373. The van der Waals surface area contributed by atoms with Gasteiger partial charge in [0.25, 0.3) is 15.9 Å². The average molecular weight is 392 g/mol. The van der Waals surface area contributed by atoms with Crippen LogP contribution in [0.5, 0.6) is 0 Å². The molecule has 1 heterocycles. The number of carbonyl (C=O) groups excluding carboxylic acids is 1. The summed E-state index contributed by atoms with van der Waals surface area (Å²) in [6.45, 7) is 4.31. The van der Waals surface area contributed by atoms with Crippen molar-refractivity contribution in [3.63, 3.8) is 0 Å². The van der Waals surface area contributed by atoms with Crippen LogP contribution in [0.2, 0.25) is 5.02 Å². The number of amidine groups is 1. The molecule has 1 N–H and O–H groups in total.